The van der Waals surface area contributed by atoms with E-state index in [-0.39, 0.29) is 0 Å². The van der Waals surface area contributed by atoms with Crippen LogP contribution in [0.5, 0.6) is 0 Å². The Morgan fingerprint density at radius 1 is 1.38 bits per heavy atom. The summed E-state index contributed by atoms with van der Waals surface area (Å²) in [4.78, 5) is 12.3. The third-order valence-electron chi connectivity index (χ3n) is 3.21. The van der Waals surface area contributed by atoms with E-state index in [9.17, 15) is 4.79 Å². The van der Waals surface area contributed by atoms with E-state index in [1.807, 2.05) is 0 Å². The quantitative estimate of drug-likeness (QED) is 0.627. The van der Waals surface area contributed by atoms with Gasteiger partial charge in [0, 0.05) is 13.1 Å². The van der Waals surface area contributed by atoms with E-state index in [4.69, 9.17) is 5.11 Å². The molecule has 0 bridgehead atoms. The van der Waals surface area contributed by atoms with E-state index in [0.717, 1.165) is 38.5 Å². The van der Waals surface area contributed by atoms with Crippen molar-refractivity contribution in [1.82, 2.24) is 10.2 Å². The number of hydrogen-bond acceptors (Lipinski definition) is 2. The Bertz CT molecular complexity index is 204. The normalized spacial score (nSPS) is 29.8. The summed E-state index contributed by atoms with van der Waals surface area (Å²) in [6.45, 7) is 3.64. The average Bonchev–Trinajstić information content (AvgIpc) is 2.01. The summed E-state index contributed by atoms with van der Waals surface area (Å²) in [5, 5.41) is 12.1. The Labute approximate surface area is 77.9 Å². The van der Waals surface area contributed by atoms with Crippen molar-refractivity contribution in [2.45, 2.75) is 12.8 Å². The average molecular weight is 184 g/mol. The molecule has 0 aliphatic carbocycles. The maximum atomic E-state index is 10.7. The Morgan fingerprint density at radius 3 is 2.69 bits per heavy atom. The first-order chi connectivity index (χ1) is 6.27. The van der Waals surface area contributed by atoms with Crippen LogP contribution in [0.2, 0.25) is 0 Å². The number of carboxylic acid groups (broad SMARTS) is 1. The van der Waals surface area contributed by atoms with Gasteiger partial charge >= 0.3 is 6.09 Å². The van der Waals surface area contributed by atoms with Crippen molar-refractivity contribution in [2.24, 2.45) is 11.8 Å². The first kappa shape index (κ1) is 8.81. The van der Waals surface area contributed by atoms with Crippen LogP contribution in [0.15, 0.2) is 0 Å². The molecule has 1 unspecified atom stereocenters. The van der Waals surface area contributed by atoms with Crippen molar-refractivity contribution in [3.8, 4) is 0 Å². The minimum absolute atomic E-state index is 0.603. The fraction of sp³-hybridized carbons (Fsp3) is 0.889. The molecule has 2 heterocycles. The zero-order valence-corrected chi connectivity index (χ0v) is 7.70. The molecule has 0 aromatic rings. The molecule has 2 fully saturated rings. The fourth-order valence-corrected chi connectivity index (χ4v) is 2.21. The highest BCUT2D eigenvalue weighted by Crippen LogP contribution is 2.26. The van der Waals surface area contributed by atoms with Gasteiger partial charge in [0.2, 0.25) is 0 Å². The molecule has 0 saturated carbocycles. The molecule has 2 aliphatic rings. The monoisotopic (exact) mass is 184 g/mol. The van der Waals surface area contributed by atoms with Gasteiger partial charge in [-0.1, -0.05) is 0 Å². The highest BCUT2D eigenvalue weighted by Gasteiger charge is 2.32. The van der Waals surface area contributed by atoms with E-state index in [2.05, 4.69) is 5.32 Å². The first-order valence-corrected chi connectivity index (χ1v) is 4.96. The number of carbonyl (C=O) groups is 1. The predicted molar refractivity (Wildman–Crippen MR) is 48.7 cm³/mol. The molecule has 0 spiro atoms. The molecule has 0 radical (unpaired) electrons. The SMILES string of the molecule is O=C(O)N1CCCC(C2CNC2)C1. The Hall–Kier alpha value is -0.770. The van der Waals surface area contributed by atoms with E-state index in [1.165, 1.54) is 6.42 Å². The Balaban J connectivity index is 1.87. The summed E-state index contributed by atoms with van der Waals surface area (Å²) in [6, 6.07) is 0. The van der Waals surface area contributed by atoms with Gasteiger partial charge in [-0.15, -0.1) is 0 Å². The molecule has 0 aromatic heterocycles. The molecular formula is C9H16N2O2. The summed E-state index contributed by atoms with van der Waals surface area (Å²) >= 11 is 0. The molecule has 2 rings (SSSR count). The number of hydrogen-bond donors (Lipinski definition) is 2. The maximum absolute atomic E-state index is 10.7. The molecule has 2 saturated heterocycles. The van der Waals surface area contributed by atoms with E-state index in [1.54, 1.807) is 4.90 Å². The predicted octanol–water partition coefficient (Wildman–Crippen LogP) is 0.596. The van der Waals surface area contributed by atoms with Crippen molar-refractivity contribution in [3.05, 3.63) is 0 Å². The van der Waals surface area contributed by atoms with Crippen molar-refractivity contribution < 1.29 is 9.90 Å². The standard InChI is InChI=1S/C9H16N2O2/c12-9(13)11-3-1-2-7(6-11)8-4-10-5-8/h7-8,10H,1-6H2,(H,12,13). The summed E-state index contributed by atoms with van der Waals surface area (Å²) in [7, 11) is 0. The van der Waals surface area contributed by atoms with Crippen LogP contribution in [-0.4, -0.2) is 42.3 Å². The zero-order chi connectivity index (χ0) is 9.26. The van der Waals surface area contributed by atoms with Crippen LogP contribution in [0.25, 0.3) is 0 Å². The second kappa shape index (κ2) is 3.54. The van der Waals surface area contributed by atoms with Gasteiger partial charge in [0.15, 0.2) is 0 Å². The van der Waals surface area contributed by atoms with Gasteiger partial charge in [0.1, 0.15) is 0 Å². The number of piperidine rings is 1. The Kier molecular flexibility index (Phi) is 2.40. The molecule has 1 atom stereocenters. The number of likely N-dealkylation sites (tertiary alicyclic amines) is 1. The Morgan fingerprint density at radius 2 is 2.15 bits per heavy atom. The molecule has 2 N–H and O–H groups in total. The molecule has 13 heavy (non-hydrogen) atoms. The third kappa shape index (κ3) is 1.77. The van der Waals surface area contributed by atoms with Crippen LogP contribution in [0.1, 0.15) is 12.8 Å². The lowest BCUT2D eigenvalue weighted by atomic mass is 9.82. The van der Waals surface area contributed by atoms with Crippen molar-refractivity contribution in [2.75, 3.05) is 26.2 Å². The van der Waals surface area contributed by atoms with Crippen LogP contribution in [0.4, 0.5) is 4.79 Å². The van der Waals surface area contributed by atoms with Crippen LogP contribution in [0.3, 0.4) is 0 Å². The number of nitrogens with one attached hydrogen (secondary N) is 1. The van der Waals surface area contributed by atoms with Crippen molar-refractivity contribution >= 4 is 6.09 Å². The fourth-order valence-electron chi connectivity index (χ4n) is 2.21. The van der Waals surface area contributed by atoms with Crippen LogP contribution in [-0.2, 0) is 0 Å². The zero-order valence-electron chi connectivity index (χ0n) is 7.70. The van der Waals surface area contributed by atoms with Crippen molar-refractivity contribution in [1.29, 1.82) is 0 Å². The van der Waals surface area contributed by atoms with Crippen LogP contribution < -0.4 is 5.32 Å². The van der Waals surface area contributed by atoms with Gasteiger partial charge < -0.3 is 15.3 Å². The minimum atomic E-state index is -0.753. The van der Waals surface area contributed by atoms with Gasteiger partial charge in [-0.25, -0.2) is 4.79 Å². The summed E-state index contributed by atoms with van der Waals surface area (Å²) in [6.07, 6.45) is 1.49. The molecule has 4 heteroatoms. The second-order valence-electron chi connectivity index (χ2n) is 4.05. The number of amides is 1. The van der Waals surface area contributed by atoms with Crippen molar-refractivity contribution in [3.63, 3.8) is 0 Å². The first-order valence-electron chi connectivity index (χ1n) is 4.96. The lowest BCUT2D eigenvalue weighted by molar-refractivity contribution is 0.0919. The topological polar surface area (TPSA) is 52.6 Å². The van der Waals surface area contributed by atoms with Gasteiger partial charge in [0.05, 0.1) is 0 Å². The molecule has 1 amide bonds. The number of nitrogens with zero attached hydrogens (tertiary/aromatic N) is 1. The maximum Gasteiger partial charge on any atom is 0.407 e. The van der Waals surface area contributed by atoms with Gasteiger partial charge in [-0.3, -0.25) is 0 Å². The van der Waals surface area contributed by atoms with E-state index >= 15 is 0 Å². The summed E-state index contributed by atoms with van der Waals surface area (Å²) in [5.74, 6) is 1.33. The highest BCUT2D eigenvalue weighted by molar-refractivity contribution is 5.65. The largest absolute Gasteiger partial charge is 0.465 e. The minimum Gasteiger partial charge on any atom is -0.465 e. The van der Waals surface area contributed by atoms with Gasteiger partial charge in [-0.2, -0.15) is 0 Å². The third-order valence-corrected chi connectivity index (χ3v) is 3.21. The van der Waals surface area contributed by atoms with Gasteiger partial charge in [0.25, 0.3) is 0 Å². The summed E-state index contributed by atoms with van der Waals surface area (Å²) in [5.41, 5.74) is 0. The molecule has 74 valence electrons. The van der Waals surface area contributed by atoms with Crippen LogP contribution >= 0.6 is 0 Å². The van der Waals surface area contributed by atoms with Crippen LogP contribution in [0, 0.1) is 11.8 Å². The number of rotatable bonds is 1. The smallest absolute Gasteiger partial charge is 0.407 e. The second-order valence-corrected chi connectivity index (χ2v) is 4.05. The molecule has 0 aromatic carbocycles. The highest BCUT2D eigenvalue weighted by atomic mass is 16.4. The lowest BCUT2D eigenvalue weighted by Crippen LogP contribution is -2.51. The van der Waals surface area contributed by atoms with Gasteiger partial charge in [-0.05, 0) is 37.8 Å². The van der Waals surface area contributed by atoms with E-state index in [0.29, 0.717) is 5.92 Å². The summed E-state index contributed by atoms with van der Waals surface area (Å²) < 4.78 is 0. The van der Waals surface area contributed by atoms with E-state index < -0.39 is 6.09 Å². The molecular weight excluding hydrogens is 168 g/mol. The molecule has 4 nitrogen and oxygen atoms in total. The molecule has 2 aliphatic heterocycles. The lowest BCUT2D eigenvalue weighted by Gasteiger charge is -2.40.